The number of para-hydroxylation sites is 1. The van der Waals surface area contributed by atoms with Crippen LogP contribution in [0.4, 0.5) is 0 Å². The van der Waals surface area contributed by atoms with Crippen LogP contribution in [0.1, 0.15) is 10.6 Å². The molecule has 1 aliphatic rings. The molecule has 0 N–H and O–H groups in total. The van der Waals surface area contributed by atoms with Crippen LogP contribution >= 0.6 is 11.3 Å². The lowest BCUT2D eigenvalue weighted by Crippen LogP contribution is -2.11. The summed E-state index contributed by atoms with van der Waals surface area (Å²) in [6.45, 7) is 4.75. The topological polar surface area (TPSA) is 43.0 Å². The smallest absolute Gasteiger partial charge is 0.128 e. The number of thiazole rings is 1. The van der Waals surface area contributed by atoms with E-state index in [4.69, 9.17) is 4.74 Å². The van der Waals surface area contributed by atoms with Crippen molar-refractivity contribution < 1.29 is 4.74 Å². The first-order chi connectivity index (χ1) is 11.7. The van der Waals surface area contributed by atoms with Gasteiger partial charge in [0.05, 0.1) is 22.9 Å². The molecule has 0 aliphatic carbocycles. The van der Waals surface area contributed by atoms with Crippen molar-refractivity contribution in [2.75, 3.05) is 13.2 Å². The zero-order valence-corrected chi connectivity index (χ0v) is 14.7. The summed E-state index contributed by atoms with van der Waals surface area (Å²) in [5.41, 5.74) is 3.32. The second kappa shape index (κ2) is 6.37. The van der Waals surface area contributed by atoms with Crippen molar-refractivity contribution >= 4 is 11.3 Å². The first kappa shape index (κ1) is 15.4. The van der Waals surface area contributed by atoms with E-state index in [-0.39, 0.29) is 0 Å². The van der Waals surface area contributed by atoms with Crippen LogP contribution in [-0.4, -0.2) is 38.9 Å². The predicted octanol–water partition coefficient (Wildman–Crippen LogP) is 3.12. The number of aryl methyl sites for hydroxylation is 2. The molecule has 5 nitrogen and oxygen atoms in total. The molecule has 1 aromatic carbocycles. The minimum Gasteiger partial charge on any atom is -0.491 e. The van der Waals surface area contributed by atoms with Gasteiger partial charge in [0.15, 0.2) is 0 Å². The van der Waals surface area contributed by atoms with Crippen LogP contribution in [0.5, 0.6) is 5.75 Å². The van der Waals surface area contributed by atoms with E-state index in [1.807, 2.05) is 43.0 Å². The molecule has 2 atom stereocenters. The summed E-state index contributed by atoms with van der Waals surface area (Å²) >= 11 is 1.67. The van der Waals surface area contributed by atoms with Crippen molar-refractivity contribution in [2.45, 2.75) is 19.5 Å². The molecule has 0 saturated carbocycles. The van der Waals surface area contributed by atoms with Gasteiger partial charge < -0.3 is 4.74 Å². The van der Waals surface area contributed by atoms with Gasteiger partial charge in [-0.25, -0.2) is 4.98 Å². The largest absolute Gasteiger partial charge is 0.491 e. The number of benzene rings is 1. The Morgan fingerprint density at radius 2 is 2.21 bits per heavy atom. The third-order valence-corrected chi connectivity index (χ3v) is 4.96. The number of rotatable bonds is 6. The molecule has 0 bridgehead atoms. The van der Waals surface area contributed by atoms with E-state index in [0.717, 1.165) is 35.1 Å². The third-order valence-electron chi connectivity index (χ3n) is 4.19. The lowest BCUT2D eigenvalue weighted by atomic mass is 10.1. The van der Waals surface area contributed by atoms with Crippen molar-refractivity contribution in [3.8, 4) is 17.0 Å². The predicted molar refractivity (Wildman–Crippen MR) is 95.2 cm³/mol. The number of ether oxygens (including phenoxy) is 1. The molecule has 1 fully saturated rings. The van der Waals surface area contributed by atoms with E-state index >= 15 is 0 Å². The van der Waals surface area contributed by atoms with Gasteiger partial charge in [0.1, 0.15) is 12.4 Å². The number of hydrogen-bond acceptors (Lipinski definition) is 5. The molecular formula is C18H20N4OS. The summed E-state index contributed by atoms with van der Waals surface area (Å²) in [7, 11) is 1.95. The molecule has 1 aliphatic heterocycles. The molecule has 2 unspecified atom stereocenters. The molecule has 3 aromatic rings. The molecule has 0 radical (unpaired) electrons. The number of aromatic nitrogens is 3. The van der Waals surface area contributed by atoms with Gasteiger partial charge in [-0.1, -0.05) is 12.1 Å². The molecule has 1 saturated heterocycles. The first-order valence-corrected chi connectivity index (χ1v) is 8.93. The Bertz CT molecular complexity index is 841. The summed E-state index contributed by atoms with van der Waals surface area (Å²) in [5.74, 6) is 0.913. The van der Waals surface area contributed by atoms with Gasteiger partial charge in [-0.15, -0.1) is 11.3 Å². The monoisotopic (exact) mass is 340 g/mol. The highest BCUT2D eigenvalue weighted by Crippen LogP contribution is 2.31. The van der Waals surface area contributed by atoms with Crippen molar-refractivity contribution in [1.29, 1.82) is 0 Å². The van der Waals surface area contributed by atoms with Gasteiger partial charge in [-0.2, -0.15) is 5.10 Å². The zero-order valence-electron chi connectivity index (χ0n) is 13.8. The normalized spacial score (nSPS) is 19.4. The van der Waals surface area contributed by atoms with Gasteiger partial charge in [0.25, 0.3) is 0 Å². The molecule has 2 aromatic heterocycles. The minimum atomic E-state index is 0.482. The van der Waals surface area contributed by atoms with E-state index in [2.05, 4.69) is 32.6 Å². The first-order valence-electron chi connectivity index (χ1n) is 8.05. The van der Waals surface area contributed by atoms with Gasteiger partial charge in [-0.05, 0) is 19.1 Å². The fourth-order valence-electron chi connectivity index (χ4n) is 2.84. The standard InChI is InChI=1S/C18H20N4OS/c1-13-20-17(12-24-13)16-5-3-4-6-18(16)23-11-15-10-22(15)9-14-7-19-21(2)8-14/h3-8,12,15H,9-11H2,1-2H3. The van der Waals surface area contributed by atoms with Gasteiger partial charge in [0, 0.05) is 42.8 Å². The fraction of sp³-hybridized carbons (Fsp3) is 0.333. The molecule has 24 heavy (non-hydrogen) atoms. The highest BCUT2D eigenvalue weighted by Gasteiger charge is 2.34. The second-order valence-corrected chi connectivity index (χ2v) is 7.23. The van der Waals surface area contributed by atoms with Crippen LogP contribution in [0.3, 0.4) is 0 Å². The third kappa shape index (κ3) is 3.34. The molecule has 3 heterocycles. The Balaban J connectivity index is 1.37. The van der Waals surface area contributed by atoms with E-state index in [1.54, 1.807) is 11.3 Å². The highest BCUT2D eigenvalue weighted by molar-refractivity contribution is 7.09. The minimum absolute atomic E-state index is 0.482. The average Bonchev–Trinajstić information content (AvgIpc) is 2.94. The summed E-state index contributed by atoms with van der Waals surface area (Å²) < 4.78 is 7.94. The van der Waals surface area contributed by atoms with Crippen molar-refractivity contribution in [1.82, 2.24) is 19.7 Å². The second-order valence-electron chi connectivity index (χ2n) is 6.16. The Morgan fingerprint density at radius 1 is 1.33 bits per heavy atom. The molecule has 124 valence electrons. The summed E-state index contributed by atoms with van der Waals surface area (Å²) in [6.07, 6.45) is 3.99. The lowest BCUT2D eigenvalue weighted by Gasteiger charge is -2.10. The molecule has 0 amide bonds. The van der Waals surface area contributed by atoms with Crippen molar-refractivity contribution in [2.24, 2.45) is 7.05 Å². The maximum absolute atomic E-state index is 6.10. The Morgan fingerprint density at radius 3 is 2.96 bits per heavy atom. The van der Waals surface area contributed by atoms with E-state index < -0.39 is 0 Å². The maximum Gasteiger partial charge on any atom is 0.128 e. The molecule has 0 spiro atoms. The summed E-state index contributed by atoms with van der Waals surface area (Å²) in [6, 6.07) is 8.62. The van der Waals surface area contributed by atoms with E-state index in [1.165, 1.54) is 5.56 Å². The average molecular weight is 340 g/mol. The molecule has 6 heteroatoms. The van der Waals surface area contributed by atoms with Gasteiger partial charge in [0.2, 0.25) is 0 Å². The van der Waals surface area contributed by atoms with Crippen molar-refractivity contribution in [3.63, 3.8) is 0 Å². The van der Waals surface area contributed by atoms with Crippen molar-refractivity contribution in [3.05, 3.63) is 52.6 Å². The number of hydrogen-bond donors (Lipinski definition) is 0. The van der Waals surface area contributed by atoms with E-state index in [0.29, 0.717) is 12.6 Å². The zero-order chi connectivity index (χ0) is 16.5. The van der Waals surface area contributed by atoms with Crippen LogP contribution < -0.4 is 4.74 Å². The number of nitrogens with zero attached hydrogens (tertiary/aromatic N) is 4. The Hall–Kier alpha value is -2.18. The Kier molecular flexibility index (Phi) is 4.08. The maximum atomic E-state index is 6.10. The molecule has 4 rings (SSSR count). The lowest BCUT2D eigenvalue weighted by molar-refractivity contribution is 0.294. The van der Waals surface area contributed by atoms with Crippen LogP contribution in [0.25, 0.3) is 11.3 Å². The SMILES string of the molecule is Cc1nc(-c2ccccc2OCC2CN2Cc2cnn(C)c2)cs1. The van der Waals surface area contributed by atoms with Crippen LogP contribution in [0.2, 0.25) is 0 Å². The van der Waals surface area contributed by atoms with Crippen LogP contribution in [-0.2, 0) is 13.6 Å². The quantitative estimate of drug-likeness (QED) is 0.647. The van der Waals surface area contributed by atoms with Crippen LogP contribution in [0.15, 0.2) is 42.0 Å². The molecular weight excluding hydrogens is 320 g/mol. The van der Waals surface area contributed by atoms with Crippen LogP contribution in [0, 0.1) is 6.92 Å². The fourth-order valence-corrected chi connectivity index (χ4v) is 3.45. The highest BCUT2D eigenvalue weighted by atomic mass is 32.1. The Labute approximate surface area is 145 Å². The van der Waals surface area contributed by atoms with E-state index in [9.17, 15) is 0 Å². The summed E-state index contributed by atoms with van der Waals surface area (Å²) in [4.78, 5) is 6.97. The van der Waals surface area contributed by atoms with Gasteiger partial charge >= 0.3 is 0 Å². The summed E-state index contributed by atoms with van der Waals surface area (Å²) in [5, 5.41) is 7.38. The van der Waals surface area contributed by atoms with Gasteiger partial charge in [-0.3, -0.25) is 9.58 Å².